The number of nitrogens with two attached hydrogens (primary N) is 2. The van der Waals surface area contributed by atoms with Gasteiger partial charge in [0.05, 0.1) is 17.9 Å². The topological polar surface area (TPSA) is 114 Å². The third kappa shape index (κ3) is 3.42. The predicted octanol–water partition coefficient (Wildman–Crippen LogP) is 0.757. The van der Waals surface area contributed by atoms with Crippen molar-refractivity contribution in [2.45, 2.75) is 26.3 Å². The lowest BCUT2D eigenvalue weighted by atomic mass is 10.1. The Kier molecular flexibility index (Phi) is 4.30. The molecule has 7 nitrogen and oxygen atoms in total. The molecule has 114 valence electrons. The standard InChI is InChI=1S/C14H22N6O/c1-9(2)12(16)5-13(17)14(21)19-4-3-11(8-19)20-7-10(15)6-18-20/h5-7,9,11,17H,3-4,8,15-16H2,1-2H3. The van der Waals surface area contributed by atoms with Gasteiger partial charge in [0.2, 0.25) is 0 Å². The Bertz CT molecular complexity index is 574. The molecule has 7 heteroatoms. The Morgan fingerprint density at radius 3 is 2.86 bits per heavy atom. The molecule has 1 atom stereocenters. The summed E-state index contributed by atoms with van der Waals surface area (Å²) in [6, 6.07) is 0.116. The molecule has 2 rings (SSSR count). The van der Waals surface area contributed by atoms with E-state index in [1.807, 2.05) is 13.8 Å². The molecule has 0 saturated carbocycles. The maximum atomic E-state index is 12.2. The fourth-order valence-electron chi connectivity index (χ4n) is 2.26. The number of likely N-dealkylation sites (tertiary alicyclic amines) is 1. The lowest BCUT2D eigenvalue weighted by Crippen LogP contribution is -2.34. The summed E-state index contributed by atoms with van der Waals surface area (Å²) in [5, 5.41) is 12.0. The smallest absolute Gasteiger partial charge is 0.271 e. The largest absolute Gasteiger partial charge is 0.402 e. The van der Waals surface area contributed by atoms with Crippen LogP contribution >= 0.6 is 0 Å². The van der Waals surface area contributed by atoms with Gasteiger partial charge in [-0.05, 0) is 18.4 Å². The third-order valence-electron chi connectivity index (χ3n) is 3.65. The minimum Gasteiger partial charge on any atom is -0.402 e. The number of allylic oxidation sites excluding steroid dienone is 1. The highest BCUT2D eigenvalue weighted by molar-refractivity contribution is 6.42. The van der Waals surface area contributed by atoms with Gasteiger partial charge in [-0.2, -0.15) is 5.10 Å². The van der Waals surface area contributed by atoms with Crippen molar-refractivity contribution in [3.05, 3.63) is 24.2 Å². The SMILES string of the molecule is CC(C)C(N)=CC(=N)C(=O)N1CCC(n2cc(N)cn2)C1. The first-order valence-corrected chi connectivity index (χ1v) is 7.03. The highest BCUT2D eigenvalue weighted by Gasteiger charge is 2.29. The van der Waals surface area contributed by atoms with Crippen molar-refractivity contribution < 1.29 is 4.79 Å². The van der Waals surface area contributed by atoms with E-state index in [9.17, 15) is 4.79 Å². The molecule has 0 radical (unpaired) electrons. The molecule has 5 N–H and O–H groups in total. The van der Waals surface area contributed by atoms with Gasteiger partial charge in [-0.15, -0.1) is 0 Å². The van der Waals surface area contributed by atoms with Crippen molar-refractivity contribution in [2.75, 3.05) is 18.8 Å². The van der Waals surface area contributed by atoms with Crippen molar-refractivity contribution in [3.63, 3.8) is 0 Å². The van der Waals surface area contributed by atoms with Crippen LogP contribution in [0.4, 0.5) is 5.69 Å². The highest BCUT2D eigenvalue weighted by Crippen LogP contribution is 2.22. The number of amides is 1. The highest BCUT2D eigenvalue weighted by atomic mass is 16.2. The summed E-state index contributed by atoms with van der Waals surface area (Å²) in [6.45, 7) is 5.01. The zero-order valence-corrected chi connectivity index (χ0v) is 12.4. The van der Waals surface area contributed by atoms with Crippen molar-refractivity contribution in [3.8, 4) is 0 Å². The molecule has 1 fully saturated rings. The number of rotatable bonds is 4. The lowest BCUT2D eigenvalue weighted by Gasteiger charge is -2.16. The van der Waals surface area contributed by atoms with Crippen LogP contribution in [0.5, 0.6) is 0 Å². The molecule has 0 spiro atoms. The van der Waals surface area contributed by atoms with E-state index < -0.39 is 0 Å². The number of hydrogen-bond acceptors (Lipinski definition) is 5. The first kappa shape index (κ1) is 15.1. The summed E-state index contributed by atoms with van der Waals surface area (Å²) in [4.78, 5) is 13.9. The van der Waals surface area contributed by atoms with Gasteiger partial charge in [0.15, 0.2) is 0 Å². The first-order chi connectivity index (χ1) is 9.88. The van der Waals surface area contributed by atoms with Gasteiger partial charge in [-0.3, -0.25) is 14.9 Å². The van der Waals surface area contributed by atoms with Crippen LogP contribution < -0.4 is 11.5 Å². The maximum absolute atomic E-state index is 12.2. The minimum atomic E-state index is -0.291. The molecule has 0 aliphatic carbocycles. The van der Waals surface area contributed by atoms with Crippen LogP contribution in [0.1, 0.15) is 26.3 Å². The van der Waals surface area contributed by atoms with E-state index in [4.69, 9.17) is 16.9 Å². The van der Waals surface area contributed by atoms with E-state index >= 15 is 0 Å². The average molecular weight is 290 g/mol. The second-order valence-electron chi connectivity index (χ2n) is 5.66. The maximum Gasteiger partial charge on any atom is 0.271 e. The normalized spacial score (nSPS) is 19.3. The zero-order chi connectivity index (χ0) is 15.6. The van der Waals surface area contributed by atoms with Crippen molar-refractivity contribution >= 4 is 17.3 Å². The van der Waals surface area contributed by atoms with E-state index in [0.29, 0.717) is 24.5 Å². The van der Waals surface area contributed by atoms with E-state index in [1.54, 1.807) is 22.0 Å². The van der Waals surface area contributed by atoms with Gasteiger partial charge in [0, 0.05) is 25.0 Å². The van der Waals surface area contributed by atoms with Crippen molar-refractivity contribution in [1.29, 1.82) is 5.41 Å². The fourth-order valence-corrected chi connectivity index (χ4v) is 2.26. The molecule has 1 aromatic heterocycles. The summed E-state index contributed by atoms with van der Waals surface area (Å²) >= 11 is 0. The van der Waals surface area contributed by atoms with Crippen LogP contribution in [-0.4, -0.2) is 39.4 Å². The molecule has 21 heavy (non-hydrogen) atoms. The van der Waals surface area contributed by atoms with Gasteiger partial charge in [-0.25, -0.2) is 0 Å². The molecule has 0 aromatic carbocycles. The van der Waals surface area contributed by atoms with Gasteiger partial charge in [0.25, 0.3) is 5.91 Å². The Labute approximate surface area is 124 Å². The Hall–Kier alpha value is -2.31. The summed E-state index contributed by atoms with van der Waals surface area (Å²) in [5.41, 5.74) is 12.5. The van der Waals surface area contributed by atoms with E-state index in [-0.39, 0.29) is 23.6 Å². The molecule has 1 aliphatic rings. The van der Waals surface area contributed by atoms with Crippen LogP contribution in [-0.2, 0) is 4.79 Å². The minimum absolute atomic E-state index is 0.0678. The average Bonchev–Trinajstić information content (AvgIpc) is 3.05. The molecular weight excluding hydrogens is 268 g/mol. The van der Waals surface area contributed by atoms with Crippen molar-refractivity contribution in [2.24, 2.45) is 11.7 Å². The van der Waals surface area contributed by atoms with Gasteiger partial charge < -0.3 is 16.4 Å². The lowest BCUT2D eigenvalue weighted by molar-refractivity contribution is -0.123. The van der Waals surface area contributed by atoms with Crippen LogP contribution in [0.3, 0.4) is 0 Å². The number of nitrogens with zero attached hydrogens (tertiary/aromatic N) is 3. The molecule has 1 saturated heterocycles. The molecular formula is C14H22N6O. The first-order valence-electron chi connectivity index (χ1n) is 7.03. The second kappa shape index (κ2) is 5.99. The molecule has 1 aliphatic heterocycles. The van der Waals surface area contributed by atoms with Crippen LogP contribution in [0.2, 0.25) is 0 Å². The monoisotopic (exact) mass is 290 g/mol. The molecule has 0 bridgehead atoms. The Morgan fingerprint density at radius 2 is 2.29 bits per heavy atom. The zero-order valence-electron chi connectivity index (χ0n) is 12.4. The van der Waals surface area contributed by atoms with E-state index in [0.717, 1.165) is 6.42 Å². The summed E-state index contributed by atoms with van der Waals surface area (Å²) in [5.74, 6) is -0.169. The molecule has 1 unspecified atom stereocenters. The quantitative estimate of drug-likeness (QED) is 0.710. The summed E-state index contributed by atoms with van der Waals surface area (Å²) in [7, 11) is 0. The third-order valence-corrected chi connectivity index (χ3v) is 3.65. The number of anilines is 1. The fraction of sp³-hybridized carbons (Fsp3) is 0.500. The second-order valence-corrected chi connectivity index (χ2v) is 5.66. The van der Waals surface area contributed by atoms with Crippen LogP contribution in [0, 0.1) is 11.3 Å². The Balaban J connectivity index is 1.99. The number of carbonyl (C=O) groups excluding carboxylic acids is 1. The summed E-state index contributed by atoms with van der Waals surface area (Å²) in [6.07, 6.45) is 5.62. The number of carbonyl (C=O) groups is 1. The number of aromatic nitrogens is 2. The van der Waals surface area contributed by atoms with Crippen molar-refractivity contribution in [1.82, 2.24) is 14.7 Å². The van der Waals surface area contributed by atoms with Gasteiger partial charge in [-0.1, -0.05) is 13.8 Å². The molecule has 2 heterocycles. The number of nitrogens with one attached hydrogen (secondary N) is 1. The number of hydrogen-bond donors (Lipinski definition) is 3. The molecule has 1 aromatic rings. The van der Waals surface area contributed by atoms with Gasteiger partial charge in [0.1, 0.15) is 5.71 Å². The number of nitrogen functional groups attached to an aromatic ring is 1. The van der Waals surface area contributed by atoms with Crippen LogP contribution in [0.25, 0.3) is 0 Å². The van der Waals surface area contributed by atoms with Gasteiger partial charge >= 0.3 is 0 Å². The Morgan fingerprint density at radius 1 is 1.57 bits per heavy atom. The van der Waals surface area contributed by atoms with E-state index in [2.05, 4.69) is 5.10 Å². The predicted molar refractivity (Wildman–Crippen MR) is 81.7 cm³/mol. The van der Waals surface area contributed by atoms with Crippen LogP contribution in [0.15, 0.2) is 24.2 Å². The molecule has 1 amide bonds. The summed E-state index contributed by atoms with van der Waals surface area (Å²) < 4.78 is 1.78. The van der Waals surface area contributed by atoms with E-state index in [1.165, 1.54) is 6.08 Å².